The van der Waals surface area contributed by atoms with Crippen molar-refractivity contribution in [2.24, 2.45) is 5.92 Å². The molecule has 1 fully saturated rings. The third kappa shape index (κ3) is 11.8. The molecule has 0 spiro atoms. The molecule has 1 aliphatic rings. The molecule has 1 aromatic heterocycles. The second-order valence-electron chi connectivity index (χ2n) is 15.3. The molecule has 4 N–H and O–H groups in total. The van der Waals surface area contributed by atoms with Gasteiger partial charge in [-0.05, 0) is 44.2 Å². The Bertz CT molecular complexity index is 1560. The lowest BCUT2D eigenvalue weighted by Crippen LogP contribution is -2.63. The van der Waals surface area contributed by atoms with E-state index < -0.39 is 41.8 Å². The molecule has 0 saturated carbocycles. The lowest BCUT2D eigenvalue weighted by atomic mass is 9.97. The maximum Gasteiger partial charge on any atom is 0.408 e. The number of carbonyl (C=O) groups excluding carboxylic acids is 2. The minimum absolute atomic E-state index is 0.0292. The Labute approximate surface area is 307 Å². The van der Waals surface area contributed by atoms with Gasteiger partial charge in [-0.15, -0.1) is 11.3 Å². The van der Waals surface area contributed by atoms with Crippen LogP contribution in [0.3, 0.4) is 0 Å². The number of hydrogen-bond acceptors (Lipinski definition) is 8. The molecular formula is C39H56N6O5S. The average molecular weight is 721 g/mol. The molecule has 2 heterocycles. The van der Waals surface area contributed by atoms with Crippen molar-refractivity contribution in [3.8, 4) is 0 Å². The highest BCUT2D eigenvalue weighted by Gasteiger charge is 2.38. The molecule has 1 saturated heterocycles. The second-order valence-corrected chi connectivity index (χ2v) is 16.2. The van der Waals surface area contributed by atoms with Crippen LogP contribution in [0, 0.1) is 5.92 Å². The number of aromatic nitrogens is 1. The molecular weight excluding hydrogens is 665 g/mol. The molecule has 0 unspecified atom stereocenters. The zero-order valence-corrected chi connectivity index (χ0v) is 31.9. The molecule has 0 aliphatic carbocycles. The fourth-order valence-electron chi connectivity index (χ4n) is 6.49. The first-order valence-electron chi connectivity index (χ1n) is 17.9. The summed E-state index contributed by atoms with van der Waals surface area (Å²) in [5, 5.41) is 31.2. The van der Waals surface area contributed by atoms with Gasteiger partial charge in [-0.25, -0.2) is 9.78 Å². The van der Waals surface area contributed by atoms with Crippen LogP contribution in [0.25, 0.3) is 0 Å². The van der Waals surface area contributed by atoms with E-state index in [4.69, 9.17) is 0 Å². The number of benzene rings is 2. The van der Waals surface area contributed by atoms with Gasteiger partial charge in [0.15, 0.2) is 0 Å². The normalized spacial score (nSPS) is 17.6. The van der Waals surface area contributed by atoms with Crippen LogP contribution in [0.5, 0.6) is 0 Å². The predicted octanol–water partition coefficient (Wildman–Crippen LogP) is 4.96. The van der Waals surface area contributed by atoms with E-state index in [-0.39, 0.29) is 30.8 Å². The van der Waals surface area contributed by atoms with Crippen LogP contribution in [0.15, 0.2) is 66.0 Å². The monoisotopic (exact) mass is 720 g/mol. The van der Waals surface area contributed by atoms with Gasteiger partial charge in [0, 0.05) is 49.6 Å². The van der Waals surface area contributed by atoms with E-state index in [0.717, 1.165) is 21.0 Å². The number of nitrogens with one attached hydrogen (secondary N) is 2. The molecule has 4 rings (SSSR count). The number of aliphatic hydroxyl groups is 1. The summed E-state index contributed by atoms with van der Waals surface area (Å²) in [6, 6.07) is 17.4. The molecule has 4 atom stereocenters. The summed E-state index contributed by atoms with van der Waals surface area (Å²) in [6.07, 6.45) is -1.95. The number of aliphatic hydroxyl groups excluding tert-OH is 1. The molecule has 3 amide bonds. The first kappa shape index (κ1) is 39.9. The van der Waals surface area contributed by atoms with Crippen LogP contribution in [0.2, 0.25) is 0 Å². The Balaban J connectivity index is 1.56. The van der Waals surface area contributed by atoms with Crippen LogP contribution in [0.1, 0.15) is 76.2 Å². The number of rotatable bonds is 15. The summed E-state index contributed by atoms with van der Waals surface area (Å²) in [4.78, 5) is 50.5. The smallest absolute Gasteiger partial charge is 0.408 e. The van der Waals surface area contributed by atoms with Gasteiger partial charge < -0.3 is 20.8 Å². The summed E-state index contributed by atoms with van der Waals surface area (Å²) in [5.41, 5.74) is 2.23. The van der Waals surface area contributed by atoms with Gasteiger partial charge in [-0.1, -0.05) is 88.4 Å². The highest BCUT2D eigenvalue weighted by molar-refractivity contribution is 7.09. The molecule has 12 heteroatoms. The second kappa shape index (κ2) is 18.1. The van der Waals surface area contributed by atoms with Crippen LogP contribution in [0.4, 0.5) is 4.79 Å². The molecule has 51 heavy (non-hydrogen) atoms. The van der Waals surface area contributed by atoms with Gasteiger partial charge in [0.1, 0.15) is 12.1 Å². The molecule has 3 aromatic rings. The Hall–Kier alpha value is -3.84. The number of β-amino-alcohol motifs (C(OH)–C–C–N with tert-alkyl or cyclic N) is 1. The number of carboxylic acid groups (broad SMARTS) is 1. The van der Waals surface area contributed by atoms with E-state index in [0.29, 0.717) is 38.3 Å². The lowest BCUT2D eigenvalue weighted by molar-refractivity contribution is -0.133. The third-order valence-electron chi connectivity index (χ3n) is 9.01. The first-order chi connectivity index (χ1) is 24.1. The van der Waals surface area contributed by atoms with Crippen LogP contribution in [-0.2, 0) is 29.1 Å². The Kier molecular flexibility index (Phi) is 14.2. The fourth-order valence-corrected chi connectivity index (χ4v) is 7.32. The number of thiazole rings is 1. The topological polar surface area (TPSA) is 138 Å². The molecule has 2 aromatic carbocycles. The number of amides is 3. The molecule has 278 valence electrons. The molecule has 0 bridgehead atoms. The zero-order valence-electron chi connectivity index (χ0n) is 31.1. The summed E-state index contributed by atoms with van der Waals surface area (Å²) in [7, 11) is 0. The maximum atomic E-state index is 14.1. The lowest BCUT2D eigenvalue weighted by Gasteiger charge is -2.43. The van der Waals surface area contributed by atoms with Crippen molar-refractivity contribution in [1.82, 2.24) is 30.3 Å². The van der Waals surface area contributed by atoms with Crippen molar-refractivity contribution in [2.75, 3.05) is 26.2 Å². The Morgan fingerprint density at radius 1 is 0.980 bits per heavy atom. The SMILES string of the molecule is CC(C)c1nc(CN(C(=O)O)[C@H](C(=O)N[C@@H](Cc2ccccc2)[C@H](O)CN2CCN(Cc3ccccc3)C[C@H]2C(=O)NC(C)(C)C)C(C)C)cs1. The fraction of sp³-hybridized carbons (Fsp3) is 0.538. The van der Waals surface area contributed by atoms with Gasteiger partial charge in [0.25, 0.3) is 0 Å². The van der Waals surface area contributed by atoms with Crippen molar-refractivity contribution in [2.45, 2.75) is 104 Å². The van der Waals surface area contributed by atoms with Crippen molar-refractivity contribution in [1.29, 1.82) is 0 Å². The Morgan fingerprint density at radius 2 is 1.61 bits per heavy atom. The van der Waals surface area contributed by atoms with Gasteiger partial charge in [0.05, 0.1) is 29.4 Å². The van der Waals surface area contributed by atoms with Gasteiger partial charge in [-0.3, -0.25) is 24.3 Å². The highest BCUT2D eigenvalue weighted by Crippen LogP contribution is 2.23. The van der Waals surface area contributed by atoms with Crippen molar-refractivity contribution < 1.29 is 24.6 Å². The number of nitrogens with zero attached hydrogens (tertiary/aromatic N) is 4. The number of carbonyl (C=O) groups is 3. The van der Waals surface area contributed by atoms with Crippen LogP contribution >= 0.6 is 11.3 Å². The third-order valence-corrected chi connectivity index (χ3v) is 10.2. The standard InChI is InChI=1S/C39H56N6O5S/c1-26(2)34(45(38(49)50)22-30-25-51-37(40-30)27(3)4)36(48)41-31(20-28-14-10-8-11-15-28)33(46)24-44-19-18-43(21-29-16-12-9-13-17-29)23-32(44)35(47)42-39(5,6)7/h8-17,25-27,31-34,46H,18-24H2,1-7H3,(H,41,48)(H,42,47)(H,49,50)/t31-,32-,33+,34-/m0/s1. The minimum atomic E-state index is -1.22. The van der Waals surface area contributed by atoms with Crippen molar-refractivity contribution in [3.05, 3.63) is 87.9 Å². The summed E-state index contributed by atoms with van der Waals surface area (Å²) in [6.45, 7) is 16.1. The van der Waals surface area contributed by atoms with Crippen LogP contribution < -0.4 is 10.6 Å². The van der Waals surface area contributed by atoms with E-state index in [1.807, 2.05) is 107 Å². The maximum absolute atomic E-state index is 14.1. The molecule has 1 aliphatic heterocycles. The number of hydrogen-bond donors (Lipinski definition) is 4. The molecule has 11 nitrogen and oxygen atoms in total. The van der Waals surface area contributed by atoms with E-state index in [1.165, 1.54) is 11.3 Å². The van der Waals surface area contributed by atoms with E-state index >= 15 is 0 Å². The van der Waals surface area contributed by atoms with E-state index in [2.05, 4.69) is 32.7 Å². The van der Waals surface area contributed by atoms with E-state index in [9.17, 15) is 24.6 Å². The number of piperazine rings is 1. The van der Waals surface area contributed by atoms with Crippen molar-refractivity contribution in [3.63, 3.8) is 0 Å². The quantitative estimate of drug-likeness (QED) is 0.173. The van der Waals surface area contributed by atoms with Gasteiger partial charge >= 0.3 is 6.09 Å². The van der Waals surface area contributed by atoms with E-state index in [1.54, 1.807) is 0 Å². The summed E-state index contributed by atoms with van der Waals surface area (Å²) >= 11 is 1.48. The first-order valence-corrected chi connectivity index (χ1v) is 18.8. The summed E-state index contributed by atoms with van der Waals surface area (Å²) in [5.74, 6) is -0.753. The molecule has 0 radical (unpaired) electrons. The largest absolute Gasteiger partial charge is 0.465 e. The minimum Gasteiger partial charge on any atom is -0.465 e. The summed E-state index contributed by atoms with van der Waals surface area (Å²) < 4.78 is 0. The predicted molar refractivity (Wildman–Crippen MR) is 201 cm³/mol. The zero-order chi connectivity index (χ0) is 37.3. The van der Waals surface area contributed by atoms with Crippen molar-refractivity contribution >= 4 is 29.2 Å². The van der Waals surface area contributed by atoms with Gasteiger partial charge in [-0.2, -0.15) is 0 Å². The Morgan fingerprint density at radius 3 is 2.16 bits per heavy atom. The average Bonchev–Trinajstić information content (AvgIpc) is 3.54. The van der Waals surface area contributed by atoms with Crippen LogP contribution in [-0.4, -0.2) is 104 Å². The highest BCUT2D eigenvalue weighted by atomic mass is 32.1. The van der Waals surface area contributed by atoms with Gasteiger partial charge in [0.2, 0.25) is 11.8 Å².